The zero-order valence-corrected chi connectivity index (χ0v) is 13.4. The minimum absolute atomic E-state index is 0.0443. The maximum Gasteiger partial charge on any atom is 0.331 e. The normalized spacial score (nSPS) is 13.0. The summed E-state index contributed by atoms with van der Waals surface area (Å²) in [5.74, 6) is -0.653. The number of nitro benzene ring substituents is 1. The predicted octanol–water partition coefficient (Wildman–Crippen LogP) is 2.01. The molecule has 0 bridgehead atoms. The van der Waals surface area contributed by atoms with E-state index in [9.17, 15) is 19.7 Å². The summed E-state index contributed by atoms with van der Waals surface area (Å²) in [6.45, 7) is -0.295. The number of benzene rings is 1. The van der Waals surface area contributed by atoms with Crippen LogP contribution in [0.25, 0.3) is 0 Å². The highest BCUT2D eigenvalue weighted by atomic mass is 35.5. The van der Waals surface area contributed by atoms with Gasteiger partial charge in [0.2, 0.25) is 5.91 Å². The number of esters is 1. The molecule has 0 atom stereocenters. The summed E-state index contributed by atoms with van der Waals surface area (Å²) in [4.78, 5) is 39.5. The number of rotatable bonds is 4. The minimum atomic E-state index is -0.606. The van der Waals surface area contributed by atoms with Crippen LogP contribution in [0.1, 0.15) is 0 Å². The number of carbonyl (C=O) groups is 2. The number of nitro groups is 1. The fraction of sp³-hybridized carbons (Fsp3) is 0.133. The zero-order chi connectivity index (χ0) is 18.0. The Morgan fingerprint density at radius 1 is 1.40 bits per heavy atom. The lowest BCUT2D eigenvalue weighted by Crippen LogP contribution is -2.41. The Hall–Kier alpha value is -3.20. The molecule has 25 heavy (non-hydrogen) atoms. The molecule has 0 unspecified atom stereocenters. The number of non-ortho nitro benzene ring substituents is 1. The first-order valence-corrected chi connectivity index (χ1v) is 7.45. The number of nitrogens with one attached hydrogen (secondary N) is 1. The van der Waals surface area contributed by atoms with Crippen molar-refractivity contribution in [2.45, 2.75) is 0 Å². The van der Waals surface area contributed by atoms with E-state index in [1.807, 2.05) is 0 Å². The van der Waals surface area contributed by atoms with Crippen LogP contribution in [0.3, 0.4) is 0 Å². The van der Waals surface area contributed by atoms with E-state index in [1.54, 1.807) is 12.1 Å². The van der Waals surface area contributed by atoms with E-state index in [-0.39, 0.29) is 24.5 Å². The van der Waals surface area contributed by atoms with E-state index in [2.05, 4.69) is 10.3 Å². The highest BCUT2D eigenvalue weighted by Crippen LogP contribution is 2.34. The molecule has 0 fully saturated rings. The second-order valence-electron chi connectivity index (χ2n) is 5.15. The van der Waals surface area contributed by atoms with Crippen LogP contribution in [-0.4, -0.2) is 34.9 Å². The van der Waals surface area contributed by atoms with Crippen molar-refractivity contribution in [3.63, 3.8) is 0 Å². The third kappa shape index (κ3) is 3.83. The summed E-state index contributed by atoms with van der Waals surface area (Å²) >= 11 is 5.73. The number of amides is 1. The van der Waals surface area contributed by atoms with Gasteiger partial charge in [-0.15, -0.1) is 0 Å². The SMILES string of the molecule is O=C(CN1CC(=O)Oc2cc([N+](=O)[O-])ccc21)Nc1ccc(Cl)cn1. The summed E-state index contributed by atoms with van der Waals surface area (Å²) in [7, 11) is 0. The summed E-state index contributed by atoms with van der Waals surface area (Å²) in [6, 6.07) is 6.99. The van der Waals surface area contributed by atoms with Gasteiger partial charge in [-0.3, -0.25) is 14.9 Å². The van der Waals surface area contributed by atoms with Crippen LogP contribution in [-0.2, 0) is 9.59 Å². The van der Waals surface area contributed by atoms with Gasteiger partial charge >= 0.3 is 5.97 Å². The van der Waals surface area contributed by atoms with Crippen molar-refractivity contribution in [2.24, 2.45) is 0 Å². The third-order valence-corrected chi connectivity index (χ3v) is 3.59. The molecular formula is C15H11ClN4O5. The third-order valence-electron chi connectivity index (χ3n) is 3.37. The molecule has 0 aliphatic carbocycles. The lowest BCUT2D eigenvalue weighted by molar-refractivity contribution is -0.384. The number of aromatic nitrogens is 1. The Bertz CT molecular complexity index is 856. The van der Waals surface area contributed by atoms with E-state index < -0.39 is 16.8 Å². The number of halogens is 1. The fourth-order valence-electron chi connectivity index (χ4n) is 2.30. The van der Waals surface area contributed by atoms with Crippen LogP contribution in [0.2, 0.25) is 5.02 Å². The van der Waals surface area contributed by atoms with Crippen molar-refractivity contribution in [1.29, 1.82) is 0 Å². The molecule has 10 heteroatoms. The summed E-state index contributed by atoms with van der Waals surface area (Å²) < 4.78 is 5.02. The molecule has 2 aromatic rings. The van der Waals surface area contributed by atoms with Crippen molar-refractivity contribution in [2.75, 3.05) is 23.3 Å². The average Bonchev–Trinajstić information content (AvgIpc) is 2.56. The number of carbonyl (C=O) groups excluding carboxylic acids is 2. The quantitative estimate of drug-likeness (QED) is 0.383. The highest BCUT2D eigenvalue weighted by molar-refractivity contribution is 6.30. The topological polar surface area (TPSA) is 115 Å². The van der Waals surface area contributed by atoms with Crippen LogP contribution in [0.15, 0.2) is 36.5 Å². The monoisotopic (exact) mass is 362 g/mol. The second-order valence-corrected chi connectivity index (χ2v) is 5.59. The van der Waals surface area contributed by atoms with Crippen molar-refractivity contribution in [1.82, 2.24) is 4.98 Å². The summed E-state index contributed by atoms with van der Waals surface area (Å²) in [5.41, 5.74) is 0.215. The van der Waals surface area contributed by atoms with E-state index in [1.165, 1.54) is 23.2 Å². The number of anilines is 2. The van der Waals surface area contributed by atoms with Crippen molar-refractivity contribution >= 4 is 40.7 Å². The van der Waals surface area contributed by atoms with Gasteiger partial charge in [0.15, 0.2) is 5.75 Å². The molecule has 0 saturated carbocycles. The van der Waals surface area contributed by atoms with Crippen LogP contribution < -0.4 is 15.0 Å². The Balaban J connectivity index is 1.76. The molecule has 128 valence electrons. The van der Waals surface area contributed by atoms with Gasteiger partial charge in [-0.1, -0.05) is 11.6 Å². The molecular weight excluding hydrogens is 352 g/mol. The first-order valence-electron chi connectivity index (χ1n) is 7.08. The first kappa shape index (κ1) is 16.7. The van der Waals surface area contributed by atoms with E-state index >= 15 is 0 Å². The summed E-state index contributed by atoms with van der Waals surface area (Å²) in [5, 5.41) is 13.8. The largest absolute Gasteiger partial charge is 0.423 e. The Morgan fingerprint density at radius 2 is 2.20 bits per heavy atom. The molecule has 1 amide bonds. The van der Waals surface area contributed by atoms with Crippen LogP contribution in [0, 0.1) is 10.1 Å². The molecule has 0 radical (unpaired) electrons. The molecule has 3 rings (SSSR count). The van der Waals surface area contributed by atoms with Gasteiger partial charge in [0.1, 0.15) is 12.4 Å². The molecule has 0 saturated heterocycles. The van der Waals surface area contributed by atoms with Crippen molar-refractivity contribution < 1.29 is 19.2 Å². The highest BCUT2D eigenvalue weighted by Gasteiger charge is 2.27. The van der Waals surface area contributed by atoms with Crippen LogP contribution in [0.4, 0.5) is 17.2 Å². The van der Waals surface area contributed by atoms with Gasteiger partial charge < -0.3 is 15.0 Å². The standard InChI is InChI=1S/C15H11ClN4O5/c16-9-1-4-13(17-6-9)18-14(21)7-19-8-15(22)25-12-5-10(20(23)24)2-3-11(12)19/h1-6H,7-8H2,(H,17,18,21). The Morgan fingerprint density at radius 3 is 2.88 bits per heavy atom. The number of nitrogens with zero attached hydrogens (tertiary/aromatic N) is 3. The van der Waals surface area contributed by atoms with E-state index in [4.69, 9.17) is 16.3 Å². The van der Waals surface area contributed by atoms with Gasteiger partial charge in [-0.2, -0.15) is 0 Å². The Kier molecular flexibility index (Phi) is 4.48. The number of hydrogen-bond acceptors (Lipinski definition) is 7. The summed E-state index contributed by atoms with van der Waals surface area (Å²) in [6.07, 6.45) is 1.39. The van der Waals surface area contributed by atoms with Crippen molar-refractivity contribution in [3.8, 4) is 5.75 Å². The molecule has 1 aliphatic heterocycles. The predicted molar refractivity (Wildman–Crippen MR) is 88.8 cm³/mol. The van der Waals surface area contributed by atoms with Gasteiger partial charge in [0.25, 0.3) is 5.69 Å². The molecule has 2 heterocycles. The Labute approximate surface area is 146 Å². The molecule has 1 aromatic carbocycles. The average molecular weight is 363 g/mol. The lowest BCUT2D eigenvalue weighted by atomic mass is 10.2. The van der Waals surface area contributed by atoms with Crippen molar-refractivity contribution in [3.05, 3.63) is 51.7 Å². The van der Waals surface area contributed by atoms with Gasteiger partial charge in [-0.05, 0) is 18.2 Å². The van der Waals surface area contributed by atoms with E-state index in [0.29, 0.717) is 16.5 Å². The maximum absolute atomic E-state index is 12.2. The second kappa shape index (κ2) is 6.73. The number of fused-ring (bicyclic) bond motifs is 1. The first-order chi connectivity index (χ1) is 11.9. The minimum Gasteiger partial charge on any atom is -0.423 e. The number of ether oxygens (including phenoxy) is 1. The van der Waals surface area contributed by atoms with Crippen LogP contribution in [0.5, 0.6) is 5.75 Å². The molecule has 0 spiro atoms. The zero-order valence-electron chi connectivity index (χ0n) is 12.6. The fourth-order valence-corrected chi connectivity index (χ4v) is 2.41. The number of hydrogen-bond donors (Lipinski definition) is 1. The van der Waals surface area contributed by atoms with Crippen LogP contribution >= 0.6 is 11.6 Å². The number of pyridine rings is 1. The smallest absolute Gasteiger partial charge is 0.331 e. The molecule has 1 aliphatic rings. The van der Waals surface area contributed by atoms with Gasteiger partial charge in [0, 0.05) is 12.3 Å². The van der Waals surface area contributed by atoms with E-state index in [0.717, 1.165) is 6.07 Å². The molecule has 1 N–H and O–H groups in total. The van der Waals surface area contributed by atoms with Gasteiger partial charge in [-0.25, -0.2) is 9.78 Å². The maximum atomic E-state index is 12.2. The molecule has 1 aromatic heterocycles. The molecule has 9 nitrogen and oxygen atoms in total. The lowest BCUT2D eigenvalue weighted by Gasteiger charge is -2.28. The van der Waals surface area contributed by atoms with Gasteiger partial charge in [0.05, 0.1) is 28.2 Å².